The number of nitrogens with one attached hydrogen (secondary N) is 2. The normalized spacial score (nSPS) is 10.9. The molecule has 0 aliphatic heterocycles. The molecule has 10 heteroatoms. The Morgan fingerprint density at radius 3 is 1.95 bits per heavy atom. The van der Waals surface area contributed by atoms with Crippen LogP contribution in [0.1, 0.15) is 26.3 Å². The number of Topliss-reactive ketones (excluding diaryl/α,β-unsaturated/α-hetero) is 1. The van der Waals surface area contributed by atoms with Crippen molar-refractivity contribution in [2.75, 3.05) is 39.5 Å². The lowest BCUT2D eigenvalue weighted by molar-refractivity contribution is -0.113. The molecule has 0 atom stereocenters. The summed E-state index contributed by atoms with van der Waals surface area (Å²) >= 11 is 1.39. The third-order valence-corrected chi connectivity index (χ3v) is 7.47. The fourth-order valence-electron chi connectivity index (χ4n) is 4.11. The van der Waals surface area contributed by atoms with Crippen LogP contribution in [-0.2, 0) is 4.79 Å². The monoisotopic (exact) mass is 612 g/mol. The minimum Gasteiger partial charge on any atom is -0.497 e. The molecule has 0 fully saturated rings. The zero-order valence-electron chi connectivity index (χ0n) is 24.7. The molecule has 0 aliphatic rings. The highest BCUT2D eigenvalue weighted by Gasteiger charge is 2.18. The summed E-state index contributed by atoms with van der Waals surface area (Å²) in [6.07, 6.45) is 1.51. The number of methoxy groups -OCH3 is 4. The van der Waals surface area contributed by atoms with Gasteiger partial charge in [0.1, 0.15) is 17.2 Å². The number of anilines is 1. The van der Waals surface area contributed by atoms with Crippen LogP contribution in [0, 0.1) is 0 Å². The second kappa shape index (κ2) is 15.3. The minimum absolute atomic E-state index is 0.00967. The fraction of sp³-hybridized carbons (Fsp3) is 0.147. The standard InChI is InChI=1S/C34H32N2O7S/c1-40-26-14-10-22(11-15-26)29(37)21-44-27-16-12-25(13-17-27)35-34(39)28(36-33(38)23-8-6-5-7-9-23)18-24-19-31(42-3)32(43-4)20-30(24)41-2/h5-20H,21H2,1-4H3,(H,35,39)(H,36,38)/b28-18-. The molecule has 0 saturated carbocycles. The number of benzene rings is 4. The largest absolute Gasteiger partial charge is 0.497 e. The molecule has 226 valence electrons. The van der Waals surface area contributed by atoms with Crippen LogP contribution in [0.5, 0.6) is 23.0 Å². The van der Waals surface area contributed by atoms with Crippen LogP contribution < -0.4 is 29.6 Å². The second-order valence-electron chi connectivity index (χ2n) is 9.25. The number of ketones is 1. The molecule has 4 aromatic carbocycles. The van der Waals surface area contributed by atoms with Crippen LogP contribution in [0.4, 0.5) is 5.69 Å². The molecule has 0 heterocycles. The number of hydrogen-bond acceptors (Lipinski definition) is 8. The summed E-state index contributed by atoms with van der Waals surface area (Å²) < 4.78 is 21.4. The van der Waals surface area contributed by atoms with E-state index in [0.29, 0.717) is 45.4 Å². The Morgan fingerprint density at radius 1 is 0.705 bits per heavy atom. The van der Waals surface area contributed by atoms with Crippen LogP contribution in [0.3, 0.4) is 0 Å². The Morgan fingerprint density at radius 2 is 1.34 bits per heavy atom. The summed E-state index contributed by atoms with van der Waals surface area (Å²) in [7, 11) is 6.07. The summed E-state index contributed by atoms with van der Waals surface area (Å²) in [5.74, 6) is 1.20. The molecule has 0 unspecified atom stereocenters. The van der Waals surface area contributed by atoms with Crippen LogP contribution >= 0.6 is 11.8 Å². The number of carbonyl (C=O) groups is 3. The molecule has 0 bridgehead atoms. The van der Waals surface area contributed by atoms with Crippen molar-refractivity contribution in [1.82, 2.24) is 5.32 Å². The van der Waals surface area contributed by atoms with E-state index in [-0.39, 0.29) is 17.2 Å². The molecule has 0 aromatic heterocycles. The molecule has 2 amide bonds. The van der Waals surface area contributed by atoms with Gasteiger partial charge in [0.15, 0.2) is 17.3 Å². The Bertz CT molecular complexity index is 1640. The first-order valence-corrected chi connectivity index (χ1v) is 14.4. The van der Waals surface area contributed by atoms with E-state index < -0.39 is 11.8 Å². The number of thioether (sulfide) groups is 1. The van der Waals surface area contributed by atoms with Crippen molar-refractivity contribution >= 4 is 41.1 Å². The predicted octanol–water partition coefficient (Wildman–Crippen LogP) is 6.11. The molecule has 4 rings (SSSR count). The number of rotatable bonds is 13. The van der Waals surface area contributed by atoms with Gasteiger partial charge in [-0.05, 0) is 72.8 Å². The van der Waals surface area contributed by atoms with Crippen LogP contribution in [0.2, 0.25) is 0 Å². The second-order valence-corrected chi connectivity index (χ2v) is 10.3. The van der Waals surface area contributed by atoms with Gasteiger partial charge in [0.2, 0.25) is 0 Å². The topological polar surface area (TPSA) is 112 Å². The minimum atomic E-state index is -0.554. The average Bonchev–Trinajstić information content (AvgIpc) is 3.07. The van der Waals surface area contributed by atoms with Crippen LogP contribution in [0.15, 0.2) is 102 Å². The molecular formula is C34H32N2O7S. The number of carbonyl (C=O) groups excluding carboxylic acids is 3. The molecular weight excluding hydrogens is 580 g/mol. The lowest BCUT2D eigenvalue weighted by atomic mass is 10.1. The van der Waals surface area contributed by atoms with E-state index in [1.807, 2.05) is 12.1 Å². The molecule has 0 spiro atoms. The summed E-state index contributed by atoms with van der Waals surface area (Å²) in [4.78, 5) is 40.0. The highest BCUT2D eigenvalue weighted by molar-refractivity contribution is 8.00. The maximum Gasteiger partial charge on any atom is 0.272 e. The lowest BCUT2D eigenvalue weighted by Gasteiger charge is -2.15. The molecule has 44 heavy (non-hydrogen) atoms. The fourth-order valence-corrected chi connectivity index (χ4v) is 4.90. The first-order valence-electron chi connectivity index (χ1n) is 13.4. The molecule has 0 aliphatic carbocycles. The first-order chi connectivity index (χ1) is 21.3. The molecule has 4 aromatic rings. The summed E-state index contributed by atoms with van der Waals surface area (Å²) in [6, 6.07) is 25.9. The zero-order valence-corrected chi connectivity index (χ0v) is 25.5. The van der Waals surface area contributed by atoms with Gasteiger partial charge in [-0.3, -0.25) is 14.4 Å². The number of amides is 2. The van der Waals surface area contributed by atoms with Crippen molar-refractivity contribution in [3.8, 4) is 23.0 Å². The van der Waals surface area contributed by atoms with Crippen molar-refractivity contribution in [2.45, 2.75) is 4.90 Å². The SMILES string of the molecule is COc1ccc(C(=O)CSc2ccc(NC(=O)/C(=C/c3cc(OC)c(OC)cc3OC)NC(=O)c3ccccc3)cc2)cc1. The summed E-state index contributed by atoms with van der Waals surface area (Å²) in [5, 5.41) is 5.55. The van der Waals surface area contributed by atoms with E-state index in [9.17, 15) is 14.4 Å². The van der Waals surface area contributed by atoms with Gasteiger partial charge < -0.3 is 29.6 Å². The average molecular weight is 613 g/mol. The van der Waals surface area contributed by atoms with Gasteiger partial charge in [0.25, 0.3) is 11.8 Å². The van der Waals surface area contributed by atoms with Crippen molar-refractivity contribution in [1.29, 1.82) is 0 Å². The Hall–Kier alpha value is -5.22. The zero-order chi connectivity index (χ0) is 31.5. The van der Waals surface area contributed by atoms with Gasteiger partial charge in [-0.1, -0.05) is 18.2 Å². The highest BCUT2D eigenvalue weighted by atomic mass is 32.2. The van der Waals surface area contributed by atoms with E-state index in [1.54, 1.807) is 86.0 Å². The molecule has 9 nitrogen and oxygen atoms in total. The third-order valence-electron chi connectivity index (χ3n) is 6.46. The third kappa shape index (κ3) is 8.20. The van der Waals surface area contributed by atoms with Crippen LogP contribution in [-0.4, -0.2) is 51.8 Å². The smallest absolute Gasteiger partial charge is 0.272 e. The van der Waals surface area contributed by atoms with Crippen molar-refractivity contribution in [2.24, 2.45) is 0 Å². The van der Waals surface area contributed by atoms with E-state index in [1.165, 1.54) is 39.2 Å². The molecule has 0 radical (unpaired) electrons. The van der Waals surface area contributed by atoms with Gasteiger partial charge in [-0.2, -0.15) is 0 Å². The Balaban J connectivity index is 1.52. The van der Waals surface area contributed by atoms with Gasteiger partial charge in [0.05, 0.1) is 34.2 Å². The number of hydrogen-bond donors (Lipinski definition) is 2. The quantitative estimate of drug-likeness (QED) is 0.106. The molecule has 2 N–H and O–H groups in total. The predicted molar refractivity (Wildman–Crippen MR) is 171 cm³/mol. The van der Waals surface area contributed by atoms with E-state index >= 15 is 0 Å². The van der Waals surface area contributed by atoms with Crippen molar-refractivity contribution in [3.05, 3.63) is 113 Å². The van der Waals surface area contributed by atoms with Crippen LogP contribution in [0.25, 0.3) is 6.08 Å². The van der Waals surface area contributed by atoms with E-state index in [2.05, 4.69) is 10.6 Å². The first kappa shape index (κ1) is 31.7. The Kier molecular flexibility index (Phi) is 11.0. The summed E-state index contributed by atoms with van der Waals surface area (Å²) in [5.41, 5.74) is 1.95. The lowest BCUT2D eigenvalue weighted by Crippen LogP contribution is -2.30. The Labute approximate surface area is 260 Å². The van der Waals surface area contributed by atoms with E-state index in [4.69, 9.17) is 18.9 Å². The summed E-state index contributed by atoms with van der Waals surface area (Å²) in [6.45, 7) is 0. The van der Waals surface area contributed by atoms with Gasteiger partial charge >= 0.3 is 0 Å². The van der Waals surface area contributed by atoms with E-state index in [0.717, 1.165) is 4.90 Å². The maximum absolute atomic E-state index is 13.5. The van der Waals surface area contributed by atoms with Gasteiger partial charge in [-0.25, -0.2) is 0 Å². The van der Waals surface area contributed by atoms with Crippen molar-refractivity contribution < 1.29 is 33.3 Å². The molecule has 0 saturated heterocycles. The van der Waals surface area contributed by atoms with Gasteiger partial charge in [0, 0.05) is 33.3 Å². The van der Waals surface area contributed by atoms with Gasteiger partial charge in [-0.15, -0.1) is 11.8 Å². The van der Waals surface area contributed by atoms with Crippen molar-refractivity contribution in [3.63, 3.8) is 0 Å². The maximum atomic E-state index is 13.5. The highest BCUT2D eigenvalue weighted by Crippen LogP contribution is 2.35. The number of ether oxygens (including phenoxy) is 4.